The van der Waals surface area contributed by atoms with Gasteiger partial charge >= 0.3 is 0 Å². The molecule has 1 heterocycles. The fourth-order valence-corrected chi connectivity index (χ4v) is 4.03. The number of aromatic nitrogens is 2. The highest BCUT2D eigenvalue weighted by Gasteiger charge is 2.24. The Hall–Kier alpha value is -0.130. The molecule has 1 aromatic heterocycles. The second-order valence-corrected chi connectivity index (χ2v) is 6.27. The van der Waals surface area contributed by atoms with Crippen molar-refractivity contribution in [1.82, 2.24) is 14.7 Å². The summed E-state index contributed by atoms with van der Waals surface area (Å²) in [5.74, 6) is 2.01. The first-order valence-corrected chi connectivity index (χ1v) is 7.79. The van der Waals surface area contributed by atoms with Gasteiger partial charge in [0.05, 0.1) is 0 Å². The molecule has 0 spiro atoms. The summed E-state index contributed by atoms with van der Waals surface area (Å²) >= 11 is 3.34. The summed E-state index contributed by atoms with van der Waals surface area (Å²) in [6, 6.07) is 0.654. The average Bonchev–Trinajstić information content (AvgIpc) is 2.96. The van der Waals surface area contributed by atoms with Gasteiger partial charge in [0.2, 0.25) is 0 Å². The monoisotopic (exact) mass is 257 g/mol. The Morgan fingerprint density at radius 2 is 2.38 bits per heavy atom. The Morgan fingerprint density at radius 1 is 1.56 bits per heavy atom. The van der Waals surface area contributed by atoms with Crippen LogP contribution in [0.15, 0.2) is 10.7 Å². The van der Waals surface area contributed by atoms with E-state index in [4.69, 9.17) is 0 Å². The Balaban J connectivity index is 1.82. The van der Waals surface area contributed by atoms with E-state index in [1.54, 1.807) is 6.33 Å². The van der Waals surface area contributed by atoms with Gasteiger partial charge in [-0.25, -0.2) is 4.98 Å². The molecule has 0 radical (unpaired) electrons. The van der Waals surface area contributed by atoms with Crippen LogP contribution in [0.4, 0.5) is 0 Å². The third-order valence-corrected chi connectivity index (χ3v) is 5.08. The molecule has 1 saturated carbocycles. The van der Waals surface area contributed by atoms with Crippen LogP contribution < -0.4 is 5.32 Å². The molecule has 1 aliphatic carbocycles. The molecule has 16 heavy (non-hydrogen) atoms. The number of hydrogen-bond donors (Lipinski definition) is 1. The molecule has 0 saturated heterocycles. The van der Waals surface area contributed by atoms with Gasteiger partial charge in [0.15, 0.2) is 4.34 Å². The maximum Gasteiger partial charge on any atom is 0.169 e. The van der Waals surface area contributed by atoms with Gasteiger partial charge in [0, 0.05) is 11.8 Å². The topological polar surface area (TPSA) is 37.8 Å². The Morgan fingerprint density at radius 3 is 3.00 bits per heavy atom. The molecule has 0 aromatic carbocycles. The summed E-state index contributed by atoms with van der Waals surface area (Å²) in [6.45, 7) is 3.26. The van der Waals surface area contributed by atoms with Gasteiger partial charge in [0.25, 0.3) is 0 Å². The second kappa shape index (κ2) is 6.57. The Labute approximate surface area is 106 Å². The van der Waals surface area contributed by atoms with Crippen LogP contribution in [0.2, 0.25) is 0 Å². The van der Waals surface area contributed by atoms with E-state index in [2.05, 4.69) is 21.6 Å². The quantitative estimate of drug-likeness (QED) is 0.795. The lowest BCUT2D eigenvalue weighted by molar-refractivity contribution is 0.394. The van der Waals surface area contributed by atoms with Crippen molar-refractivity contribution in [1.29, 1.82) is 0 Å². The molecule has 0 bridgehead atoms. The maximum absolute atomic E-state index is 4.22. The normalized spacial score (nSPS) is 19.1. The third-order valence-electron chi connectivity index (χ3n) is 3.16. The van der Waals surface area contributed by atoms with Crippen LogP contribution in [0.1, 0.15) is 32.6 Å². The van der Waals surface area contributed by atoms with Crippen LogP contribution in [0.25, 0.3) is 0 Å². The minimum Gasteiger partial charge on any atom is -0.313 e. The van der Waals surface area contributed by atoms with Crippen LogP contribution in [0, 0.1) is 5.92 Å². The number of hydrogen-bond acceptors (Lipinski definition) is 5. The van der Waals surface area contributed by atoms with Gasteiger partial charge in [-0.3, -0.25) is 0 Å². The second-order valence-electron chi connectivity index (χ2n) is 4.23. The van der Waals surface area contributed by atoms with E-state index >= 15 is 0 Å². The largest absolute Gasteiger partial charge is 0.313 e. The molecular formula is C11H19N3S2. The maximum atomic E-state index is 4.22. The molecule has 1 atom stereocenters. The van der Waals surface area contributed by atoms with Crippen molar-refractivity contribution in [2.75, 3.05) is 12.3 Å². The molecule has 1 unspecified atom stereocenters. The van der Waals surface area contributed by atoms with Crippen molar-refractivity contribution >= 4 is 23.3 Å². The molecule has 3 nitrogen and oxygen atoms in total. The zero-order valence-electron chi connectivity index (χ0n) is 9.69. The molecule has 5 heteroatoms. The van der Waals surface area contributed by atoms with Crippen molar-refractivity contribution in [2.45, 2.75) is 43.0 Å². The van der Waals surface area contributed by atoms with E-state index in [0.717, 1.165) is 22.6 Å². The van der Waals surface area contributed by atoms with Crippen LogP contribution in [-0.2, 0) is 0 Å². The van der Waals surface area contributed by atoms with Crippen molar-refractivity contribution < 1.29 is 0 Å². The Bertz CT molecular complexity index is 283. The summed E-state index contributed by atoms with van der Waals surface area (Å²) in [7, 11) is 0. The third kappa shape index (κ3) is 3.43. The highest BCUT2D eigenvalue weighted by molar-refractivity contribution is 8.00. The van der Waals surface area contributed by atoms with E-state index in [1.165, 1.54) is 37.2 Å². The molecular weight excluding hydrogens is 238 g/mol. The lowest BCUT2D eigenvalue weighted by Crippen LogP contribution is -2.37. The zero-order chi connectivity index (χ0) is 11.2. The summed E-state index contributed by atoms with van der Waals surface area (Å²) in [5.41, 5.74) is 0. The first kappa shape index (κ1) is 12.3. The van der Waals surface area contributed by atoms with Gasteiger partial charge in [0.1, 0.15) is 6.33 Å². The van der Waals surface area contributed by atoms with Gasteiger partial charge in [-0.05, 0) is 36.8 Å². The molecule has 1 fully saturated rings. The lowest BCUT2D eigenvalue weighted by atomic mass is 10.00. The fraction of sp³-hybridized carbons (Fsp3) is 0.818. The number of thioether (sulfide) groups is 1. The Kier molecular flexibility index (Phi) is 5.06. The smallest absolute Gasteiger partial charge is 0.169 e. The zero-order valence-corrected chi connectivity index (χ0v) is 11.3. The molecule has 1 N–H and O–H groups in total. The summed E-state index contributed by atoms with van der Waals surface area (Å²) in [4.78, 5) is 4.22. The molecule has 2 rings (SSSR count). The number of nitrogens with zero attached hydrogens (tertiary/aromatic N) is 2. The van der Waals surface area contributed by atoms with Gasteiger partial charge < -0.3 is 5.32 Å². The molecule has 0 aliphatic heterocycles. The van der Waals surface area contributed by atoms with Crippen molar-refractivity contribution in [2.24, 2.45) is 5.92 Å². The molecule has 1 aromatic rings. The highest BCUT2D eigenvalue weighted by atomic mass is 32.2. The summed E-state index contributed by atoms with van der Waals surface area (Å²) in [5, 5.41) is 3.62. The SMILES string of the molecule is CCNC(CSc1ncns1)C1CCCC1. The van der Waals surface area contributed by atoms with E-state index in [0.29, 0.717) is 6.04 Å². The average molecular weight is 257 g/mol. The van der Waals surface area contributed by atoms with Gasteiger partial charge in [-0.15, -0.1) is 0 Å². The summed E-state index contributed by atoms with van der Waals surface area (Å²) in [6.07, 6.45) is 7.26. The van der Waals surface area contributed by atoms with Crippen molar-refractivity contribution in [3.63, 3.8) is 0 Å². The predicted molar refractivity (Wildman–Crippen MR) is 70.1 cm³/mol. The van der Waals surface area contributed by atoms with Gasteiger partial charge in [-0.2, -0.15) is 4.37 Å². The van der Waals surface area contributed by atoms with E-state index in [1.807, 2.05) is 11.8 Å². The van der Waals surface area contributed by atoms with E-state index in [-0.39, 0.29) is 0 Å². The number of rotatable bonds is 6. The van der Waals surface area contributed by atoms with Crippen LogP contribution in [-0.4, -0.2) is 27.7 Å². The van der Waals surface area contributed by atoms with Gasteiger partial charge in [-0.1, -0.05) is 31.5 Å². The first-order valence-electron chi connectivity index (χ1n) is 6.03. The highest BCUT2D eigenvalue weighted by Crippen LogP contribution is 2.30. The van der Waals surface area contributed by atoms with Crippen LogP contribution in [0.3, 0.4) is 0 Å². The van der Waals surface area contributed by atoms with E-state index in [9.17, 15) is 0 Å². The summed E-state index contributed by atoms with van der Waals surface area (Å²) < 4.78 is 5.13. The fourth-order valence-electron chi connectivity index (χ4n) is 2.37. The standard InChI is InChI=1S/C11H19N3S2/c1-2-12-10(9-5-3-4-6-9)7-15-11-13-8-14-16-11/h8-10,12H,2-7H2,1H3. The molecule has 1 aliphatic rings. The molecule has 0 amide bonds. The predicted octanol–water partition coefficient (Wildman–Crippen LogP) is 2.80. The minimum absolute atomic E-state index is 0.654. The molecule has 90 valence electrons. The van der Waals surface area contributed by atoms with Crippen LogP contribution in [0.5, 0.6) is 0 Å². The lowest BCUT2D eigenvalue weighted by Gasteiger charge is -2.23. The minimum atomic E-state index is 0.654. The van der Waals surface area contributed by atoms with Crippen molar-refractivity contribution in [3.05, 3.63) is 6.33 Å². The van der Waals surface area contributed by atoms with Crippen LogP contribution >= 0.6 is 23.3 Å². The van der Waals surface area contributed by atoms with E-state index < -0.39 is 0 Å². The first-order chi connectivity index (χ1) is 7.90. The van der Waals surface area contributed by atoms with Crippen molar-refractivity contribution in [3.8, 4) is 0 Å². The number of nitrogens with one attached hydrogen (secondary N) is 1.